The minimum atomic E-state index is -0.521. The molecular weight excluding hydrogens is 599 g/mol. The topological polar surface area (TPSA) is 139 Å². The second kappa shape index (κ2) is 16.1. The fourth-order valence-corrected chi connectivity index (χ4v) is 5.62. The number of pyridine rings is 1. The molecule has 3 N–H and O–H groups in total. The average molecular weight is 630 g/mol. The maximum absolute atomic E-state index is 13.4. The zero-order valence-corrected chi connectivity index (χ0v) is 25.7. The van der Waals surface area contributed by atoms with E-state index in [0.29, 0.717) is 40.7 Å². The molecule has 0 radical (unpaired) electrons. The number of nitrogens with one attached hydrogen (secondary N) is 3. The molecule has 44 heavy (non-hydrogen) atoms. The van der Waals surface area contributed by atoms with Crippen molar-refractivity contribution in [3.8, 4) is 0 Å². The number of carbonyl (C=O) groups is 4. The lowest BCUT2D eigenvalue weighted by Gasteiger charge is -2.15. The highest BCUT2D eigenvalue weighted by Gasteiger charge is 2.21. The van der Waals surface area contributed by atoms with Crippen molar-refractivity contribution in [3.05, 3.63) is 107 Å². The number of anilines is 2. The van der Waals surface area contributed by atoms with Gasteiger partial charge in [-0.2, -0.15) is 0 Å². The quantitative estimate of drug-likeness (QED) is 0.0992. The summed E-state index contributed by atoms with van der Waals surface area (Å²) >= 11 is 2.59. The van der Waals surface area contributed by atoms with Gasteiger partial charge in [0.2, 0.25) is 5.91 Å². The predicted molar refractivity (Wildman–Crippen MR) is 172 cm³/mol. The van der Waals surface area contributed by atoms with Crippen molar-refractivity contribution in [3.63, 3.8) is 0 Å². The first-order valence-electron chi connectivity index (χ1n) is 13.8. The highest BCUT2D eigenvalue weighted by Crippen LogP contribution is 2.29. The smallest absolute Gasteiger partial charge is 0.311 e. The van der Waals surface area contributed by atoms with Crippen molar-refractivity contribution in [1.82, 2.24) is 15.3 Å². The van der Waals surface area contributed by atoms with Crippen LogP contribution in [0.3, 0.4) is 0 Å². The van der Waals surface area contributed by atoms with Crippen molar-refractivity contribution in [1.29, 1.82) is 0 Å². The molecule has 4 aromatic rings. The minimum absolute atomic E-state index is 0.0414. The van der Waals surface area contributed by atoms with Gasteiger partial charge in [-0.25, -0.2) is 4.98 Å². The standard InChI is InChI=1S/C32H31N5O5S2/c1-3-27(31(41)37-32-35-24(20-43-32)18-28(38)42-4-2)44-25-14-8-13-23(17-25)34-30(40)26(16-21-10-9-15-33-19-21)36-29(39)22-11-6-5-7-12-22/h5-17,19-20,27H,3-4,18H2,1-2H3,(H,34,40)(H,36,39)(H,35,37,41)/b26-16-. The van der Waals surface area contributed by atoms with E-state index in [2.05, 4.69) is 25.9 Å². The molecular formula is C32H31N5O5S2. The molecule has 0 spiro atoms. The molecule has 1 atom stereocenters. The van der Waals surface area contributed by atoms with Crippen LogP contribution in [-0.4, -0.2) is 45.5 Å². The molecule has 12 heteroatoms. The number of hydrogen-bond acceptors (Lipinski definition) is 9. The van der Waals surface area contributed by atoms with E-state index in [1.807, 2.05) is 13.0 Å². The number of amides is 3. The second-order valence-electron chi connectivity index (χ2n) is 9.28. The molecule has 0 bridgehead atoms. The Kier molecular flexibility index (Phi) is 11.8. The summed E-state index contributed by atoms with van der Waals surface area (Å²) in [6.45, 7) is 3.93. The van der Waals surface area contributed by atoms with Crippen LogP contribution in [0, 0.1) is 0 Å². The van der Waals surface area contributed by atoms with Gasteiger partial charge in [0.15, 0.2) is 5.13 Å². The molecule has 0 aliphatic carbocycles. The van der Waals surface area contributed by atoms with Crippen molar-refractivity contribution < 1.29 is 23.9 Å². The first-order valence-corrected chi connectivity index (χ1v) is 15.6. The maximum atomic E-state index is 13.4. The van der Waals surface area contributed by atoms with Gasteiger partial charge in [0, 0.05) is 33.9 Å². The summed E-state index contributed by atoms with van der Waals surface area (Å²) in [5, 5.41) is 10.1. The van der Waals surface area contributed by atoms with Crippen molar-refractivity contribution in [2.45, 2.75) is 36.8 Å². The molecule has 4 rings (SSSR count). The Bertz CT molecular complexity index is 1630. The van der Waals surface area contributed by atoms with Crippen LogP contribution in [0.4, 0.5) is 10.8 Å². The lowest BCUT2D eigenvalue weighted by atomic mass is 10.2. The zero-order valence-electron chi connectivity index (χ0n) is 24.1. The number of ether oxygens (including phenoxy) is 1. The number of thiazole rings is 1. The Labute approximate surface area is 263 Å². The number of benzene rings is 2. The third kappa shape index (κ3) is 9.61. The van der Waals surface area contributed by atoms with Gasteiger partial charge in [-0.05, 0) is 61.4 Å². The van der Waals surface area contributed by atoms with Gasteiger partial charge >= 0.3 is 5.97 Å². The molecule has 226 valence electrons. The number of esters is 1. The molecule has 2 heterocycles. The largest absolute Gasteiger partial charge is 0.466 e. The van der Waals surface area contributed by atoms with E-state index in [9.17, 15) is 19.2 Å². The summed E-state index contributed by atoms with van der Waals surface area (Å²) in [5.41, 5.74) is 2.11. The van der Waals surface area contributed by atoms with E-state index in [1.165, 1.54) is 23.1 Å². The van der Waals surface area contributed by atoms with Crippen LogP contribution in [0.25, 0.3) is 6.08 Å². The van der Waals surface area contributed by atoms with Crippen LogP contribution < -0.4 is 16.0 Å². The van der Waals surface area contributed by atoms with Gasteiger partial charge < -0.3 is 20.7 Å². The zero-order chi connectivity index (χ0) is 31.3. The lowest BCUT2D eigenvalue weighted by molar-refractivity contribution is -0.142. The molecule has 0 saturated carbocycles. The molecule has 0 aliphatic heterocycles. The van der Waals surface area contributed by atoms with E-state index in [1.54, 1.807) is 91.4 Å². The number of thioether (sulfide) groups is 1. The molecule has 1 unspecified atom stereocenters. The van der Waals surface area contributed by atoms with Crippen LogP contribution in [0.1, 0.15) is 41.9 Å². The molecule has 3 amide bonds. The summed E-state index contributed by atoms with van der Waals surface area (Å²) in [7, 11) is 0. The van der Waals surface area contributed by atoms with Crippen LogP contribution in [0.5, 0.6) is 0 Å². The Balaban J connectivity index is 1.43. The highest BCUT2D eigenvalue weighted by molar-refractivity contribution is 8.00. The first-order chi connectivity index (χ1) is 21.3. The number of aromatic nitrogens is 2. The molecule has 2 aromatic heterocycles. The summed E-state index contributed by atoms with van der Waals surface area (Å²) in [4.78, 5) is 60.2. The Morgan fingerprint density at radius 3 is 2.55 bits per heavy atom. The second-order valence-corrected chi connectivity index (χ2v) is 11.4. The van der Waals surface area contributed by atoms with Crippen LogP contribution in [-0.2, 0) is 25.5 Å². The van der Waals surface area contributed by atoms with E-state index in [-0.39, 0.29) is 24.0 Å². The maximum Gasteiger partial charge on any atom is 0.311 e. The molecule has 0 fully saturated rings. The third-order valence-electron chi connectivity index (χ3n) is 5.97. The van der Waals surface area contributed by atoms with E-state index < -0.39 is 17.1 Å². The fraction of sp³-hybridized carbons (Fsp3) is 0.188. The number of rotatable bonds is 13. The molecule has 2 aromatic carbocycles. The highest BCUT2D eigenvalue weighted by atomic mass is 32.2. The van der Waals surface area contributed by atoms with Gasteiger partial charge in [0.25, 0.3) is 11.8 Å². The van der Waals surface area contributed by atoms with Gasteiger partial charge in [-0.3, -0.25) is 24.2 Å². The predicted octanol–water partition coefficient (Wildman–Crippen LogP) is 5.56. The monoisotopic (exact) mass is 629 g/mol. The summed E-state index contributed by atoms with van der Waals surface area (Å²) in [5.74, 6) is -1.55. The number of nitrogens with zero attached hydrogens (tertiary/aromatic N) is 2. The normalized spacial score (nSPS) is 11.7. The summed E-state index contributed by atoms with van der Waals surface area (Å²) in [6, 6.07) is 19.2. The average Bonchev–Trinajstić information content (AvgIpc) is 3.46. The minimum Gasteiger partial charge on any atom is -0.466 e. The van der Waals surface area contributed by atoms with E-state index in [4.69, 9.17) is 4.74 Å². The van der Waals surface area contributed by atoms with Crippen molar-refractivity contribution >= 4 is 63.7 Å². The van der Waals surface area contributed by atoms with Gasteiger partial charge in [0.05, 0.1) is 24.0 Å². The van der Waals surface area contributed by atoms with Crippen LogP contribution >= 0.6 is 23.1 Å². The number of hydrogen-bond donors (Lipinski definition) is 3. The molecule has 0 saturated heterocycles. The van der Waals surface area contributed by atoms with Gasteiger partial charge in [-0.15, -0.1) is 23.1 Å². The fourth-order valence-electron chi connectivity index (χ4n) is 3.89. The summed E-state index contributed by atoms with van der Waals surface area (Å²) in [6.07, 6.45) is 5.34. The Morgan fingerprint density at radius 2 is 1.82 bits per heavy atom. The van der Waals surface area contributed by atoms with Crippen molar-refractivity contribution in [2.24, 2.45) is 0 Å². The third-order valence-corrected chi connectivity index (χ3v) is 8.13. The Morgan fingerprint density at radius 1 is 1.00 bits per heavy atom. The van der Waals surface area contributed by atoms with Crippen LogP contribution in [0.2, 0.25) is 0 Å². The van der Waals surface area contributed by atoms with Gasteiger partial charge in [0.1, 0.15) is 5.70 Å². The molecule has 10 nitrogen and oxygen atoms in total. The first kappa shape index (κ1) is 32.1. The van der Waals surface area contributed by atoms with E-state index in [0.717, 1.165) is 4.90 Å². The lowest BCUT2D eigenvalue weighted by Crippen LogP contribution is -2.30. The SMILES string of the molecule is CCOC(=O)Cc1csc(NC(=O)C(CC)Sc2cccc(NC(=O)/C(=C/c3cccnc3)NC(=O)c3ccccc3)c2)n1. The van der Waals surface area contributed by atoms with Crippen LogP contribution in [0.15, 0.2) is 95.1 Å². The van der Waals surface area contributed by atoms with E-state index >= 15 is 0 Å². The summed E-state index contributed by atoms with van der Waals surface area (Å²) < 4.78 is 4.95. The van der Waals surface area contributed by atoms with Crippen molar-refractivity contribution in [2.75, 3.05) is 17.2 Å². The molecule has 0 aliphatic rings. The van der Waals surface area contributed by atoms with Gasteiger partial charge in [-0.1, -0.05) is 37.3 Å². The number of carbonyl (C=O) groups excluding carboxylic acids is 4. The Hall–Kier alpha value is -4.81.